The summed E-state index contributed by atoms with van der Waals surface area (Å²) in [5.74, 6) is -2.19. The van der Waals surface area contributed by atoms with Gasteiger partial charge >= 0.3 is 0 Å². The van der Waals surface area contributed by atoms with Crippen molar-refractivity contribution >= 4 is 28.9 Å². The lowest BCUT2D eigenvalue weighted by Gasteiger charge is -2.09. The highest BCUT2D eigenvalue weighted by molar-refractivity contribution is 6.33. The van der Waals surface area contributed by atoms with Gasteiger partial charge in [0.2, 0.25) is 0 Å². The molecule has 110 valence electrons. The molecule has 2 aromatic rings. The van der Waals surface area contributed by atoms with Crippen molar-refractivity contribution in [2.75, 3.05) is 17.7 Å². The van der Waals surface area contributed by atoms with Crippen LogP contribution in [-0.4, -0.2) is 12.5 Å². The molecule has 0 radical (unpaired) electrons. The topological polar surface area (TPSA) is 64.3 Å². The molecular weight excluding hydrogens is 302 g/mol. The number of anilines is 2. The molecule has 0 heterocycles. The molecule has 2 rings (SSSR count). The SMILES string of the molecule is Nc1ccc(Cl)c(NC(=O)COc2cc(F)cc(F)c2)c1. The Bertz CT molecular complexity index is 660. The highest BCUT2D eigenvalue weighted by Gasteiger charge is 2.08. The predicted octanol–water partition coefficient (Wildman–Crippen LogP) is 3.22. The number of nitrogens with two attached hydrogens (primary N) is 1. The van der Waals surface area contributed by atoms with Gasteiger partial charge in [-0.3, -0.25) is 4.79 Å². The van der Waals surface area contributed by atoms with E-state index in [1.807, 2.05) is 0 Å². The first-order chi connectivity index (χ1) is 9.94. The molecular formula is C14H11ClF2N2O2. The molecule has 3 N–H and O–H groups in total. The van der Waals surface area contributed by atoms with Crippen LogP contribution < -0.4 is 15.8 Å². The Morgan fingerprint density at radius 3 is 2.52 bits per heavy atom. The lowest BCUT2D eigenvalue weighted by Crippen LogP contribution is -2.20. The van der Waals surface area contributed by atoms with E-state index in [2.05, 4.69) is 5.32 Å². The van der Waals surface area contributed by atoms with Crippen LogP contribution in [0.1, 0.15) is 0 Å². The Kier molecular flexibility index (Phi) is 4.59. The number of hydrogen-bond acceptors (Lipinski definition) is 3. The fraction of sp³-hybridized carbons (Fsp3) is 0.0714. The Labute approximate surface area is 124 Å². The highest BCUT2D eigenvalue weighted by Crippen LogP contribution is 2.24. The Morgan fingerprint density at radius 2 is 1.86 bits per heavy atom. The van der Waals surface area contributed by atoms with Gasteiger partial charge in [-0.1, -0.05) is 11.6 Å². The molecule has 4 nitrogen and oxygen atoms in total. The molecule has 0 saturated heterocycles. The average Bonchev–Trinajstić information content (AvgIpc) is 2.40. The molecule has 0 aliphatic heterocycles. The van der Waals surface area contributed by atoms with E-state index in [1.54, 1.807) is 6.07 Å². The van der Waals surface area contributed by atoms with Crippen LogP contribution in [0.3, 0.4) is 0 Å². The van der Waals surface area contributed by atoms with Crippen molar-refractivity contribution in [1.29, 1.82) is 0 Å². The quantitative estimate of drug-likeness (QED) is 0.852. The van der Waals surface area contributed by atoms with E-state index in [1.165, 1.54) is 12.1 Å². The third-order valence-electron chi connectivity index (χ3n) is 2.47. The van der Waals surface area contributed by atoms with Gasteiger partial charge in [0.15, 0.2) is 6.61 Å². The van der Waals surface area contributed by atoms with Crippen LogP contribution in [0.15, 0.2) is 36.4 Å². The second-order valence-corrected chi connectivity index (χ2v) is 4.59. The van der Waals surface area contributed by atoms with Crippen LogP contribution in [0, 0.1) is 11.6 Å². The first-order valence-corrected chi connectivity index (χ1v) is 6.25. The van der Waals surface area contributed by atoms with Crippen LogP contribution in [0.2, 0.25) is 5.02 Å². The maximum atomic E-state index is 12.9. The summed E-state index contributed by atoms with van der Waals surface area (Å²) in [6.45, 7) is -0.423. The number of halogens is 3. The summed E-state index contributed by atoms with van der Waals surface area (Å²) >= 11 is 5.89. The summed E-state index contributed by atoms with van der Waals surface area (Å²) in [7, 11) is 0. The molecule has 7 heteroatoms. The molecule has 0 spiro atoms. The van der Waals surface area contributed by atoms with Crippen LogP contribution in [0.4, 0.5) is 20.2 Å². The third-order valence-corrected chi connectivity index (χ3v) is 2.80. The maximum Gasteiger partial charge on any atom is 0.262 e. The van der Waals surface area contributed by atoms with Crippen LogP contribution in [0.25, 0.3) is 0 Å². The minimum atomic E-state index is -0.788. The minimum absolute atomic E-state index is 0.0821. The third kappa shape index (κ3) is 4.32. The van der Waals surface area contributed by atoms with Gasteiger partial charge in [-0.15, -0.1) is 0 Å². The number of carbonyl (C=O) groups is 1. The monoisotopic (exact) mass is 312 g/mol. The Hall–Kier alpha value is -2.34. The second-order valence-electron chi connectivity index (χ2n) is 4.18. The predicted molar refractivity (Wildman–Crippen MR) is 76.3 cm³/mol. The molecule has 2 aromatic carbocycles. The van der Waals surface area contributed by atoms with Gasteiger partial charge in [-0.05, 0) is 18.2 Å². The molecule has 0 aliphatic carbocycles. The number of benzene rings is 2. The normalized spacial score (nSPS) is 10.2. The smallest absolute Gasteiger partial charge is 0.262 e. The summed E-state index contributed by atoms with van der Waals surface area (Å²) < 4.78 is 30.9. The Balaban J connectivity index is 1.97. The van der Waals surface area contributed by atoms with E-state index in [9.17, 15) is 13.6 Å². The fourth-order valence-corrected chi connectivity index (χ4v) is 1.75. The average molecular weight is 313 g/mol. The van der Waals surface area contributed by atoms with Crippen molar-refractivity contribution < 1.29 is 18.3 Å². The molecule has 0 bridgehead atoms. The van der Waals surface area contributed by atoms with Crippen molar-refractivity contribution in [2.45, 2.75) is 0 Å². The molecule has 0 saturated carbocycles. The number of amides is 1. The molecule has 1 amide bonds. The van der Waals surface area contributed by atoms with Gasteiger partial charge in [0, 0.05) is 23.9 Å². The number of carbonyl (C=O) groups excluding carboxylic acids is 1. The zero-order valence-electron chi connectivity index (χ0n) is 10.7. The number of nitrogen functional groups attached to an aromatic ring is 1. The summed E-state index contributed by atoms with van der Waals surface area (Å²) in [4.78, 5) is 11.7. The lowest BCUT2D eigenvalue weighted by molar-refractivity contribution is -0.118. The highest BCUT2D eigenvalue weighted by atomic mass is 35.5. The van der Waals surface area contributed by atoms with E-state index in [0.717, 1.165) is 12.1 Å². The van der Waals surface area contributed by atoms with Crippen molar-refractivity contribution in [2.24, 2.45) is 0 Å². The molecule has 0 fully saturated rings. The van der Waals surface area contributed by atoms with E-state index < -0.39 is 24.1 Å². The lowest BCUT2D eigenvalue weighted by atomic mass is 10.3. The van der Waals surface area contributed by atoms with Gasteiger partial charge in [-0.2, -0.15) is 0 Å². The first-order valence-electron chi connectivity index (χ1n) is 5.88. The number of hydrogen-bond donors (Lipinski definition) is 2. The summed E-state index contributed by atoms with van der Waals surface area (Å²) in [5, 5.41) is 2.80. The zero-order valence-corrected chi connectivity index (χ0v) is 11.5. The second kappa shape index (κ2) is 6.41. The summed E-state index contributed by atoms with van der Waals surface area (Å²) in [6, 6.07) is 7.27. The van der Waals surface area contributed by atoms with Crippen molar-refractivity contribution in [1.82, 2.24) is 0 Å². The van der Waals surface area contributed by atoms with Crippen molar-refractivity contribution in [3.8, 4) is 5.75 Å². The molecule has 0 aromatic heterocycles. The number of rotatable bonds is 4. The van der Waals surface area contributed by atoms with E-state index in [4.69, 9.17) is 22.1 Å². The zero-order chi connectivity index (χ0) is 15.4. The van der Waals surface area contributed by atoms with E-state index in [-0.39, 0.29) is 5.75 Å². The molecule has 0 atom stereocenters. The summed E-state index contributed by atoms with van der Waals surface area (Å²) in [5.41, 5.74) is 6.34. The number of ether oxygens (including phenoxy) is 1. The van der Waals surface area contributed by atoms with Gasteiger partial charge in [0.25, 0.3) is 5.91 Å². The van der Waals surface area contributed by atoms with Crippen molar-refractivity contribution in [3.63, 3.8) is 0 Å². The van der Waals surface area contributed by atoms with Crippen LogP contribution >= 0.6 is 11.6 Å². The largest absolute Gasteiger partial charge is 0.484 e. The number of nitrogens with one attached hydrogen (secondary N) is 1. The van der Waals surface area contributed by atoms with Gasteiger partial charge < -0.3 is 15.8 Å². The molecule has 21 heavy (non-hydrogen) atoms. The first kappa shape index (κ1) is 15.1. The standard InChI is InChI=1S/C14H11ClF2N2O2/c15-12-2-1-10(18)6-13(12)19-14(20)7-21-11-4-8(16)3-9(17)5-11/h1-6H,7,18H2,(H,19,20). The van der Waals surface area contributed by atoms with Crippen LogP contribution in [-0.2, 0) is 4.79 Å². The molecule has 0 unspecified atom stereocenters. The van der Waals surface area contributed by atoms with Gasteiger partial charge in [0.1, 0.15) is 17.4 Å². The van der Waals surface area contributed by atoms with Crippen molar-refractivity contribution in [3.05, 3.63) is 53.1 Å². The summed E-state index contributed by atoms with van der Waals surface area (Å²) in [6.07, 6.45) is 0. The maximum absolute atomic E-state index is 12.9. The molecule has 0 aliphatic rings. The fourth-order valence-electron chi connectivity index (χ4n) is 1.59. The van der Waals surface area contributed by atoms with Gasteiger partial charge in [0.05, 0.1) is 10.7 Å². The van der Waals surface area contributed by atoms with E-state index >= 15 is 0 Å². The van der Waals surface area contributed by atoms with E-state index in [0.29, 0.717) is 22.5 Å². The Morgan fingerprint density at radius 1 is 1.19 bits per heavy atom. The minimum Gasteiger partial charge on any atom is -0.484 e. The van der Waals surface area contributed by atoms with Crippen LogP contribution in [0.5, 0.6) is 5.75 Å². The van der Waals surface area contributed by atoms with Gasteiger partial charge in [-0.25, -0.2) is 8.78 Å².